The van der Waals surface area contributed by atoms with Gasteiger partial charge in [0.1, 0.15) is 0 Å². The predicted octanol–water partition coefficient (Wildman–Crippen LogP) is 3.07. The molecule has 0 saturated heterocycles. The first-order valence-electron chi connectivity index (χ1n) is 6.76. The molecule has 1 heterocycles. The summed E-state index contributed by atoms with van der Waals surface area (Å²) in [5, 5.41) is 4.41. The zero-order valence-corrected chi connectivity index (χ0v) is 11.6. The van der Waals surface area contributed by atoms with Gasteiger partial charge in [-0.2, -0.15) is 0 Å². The van der Waals surface area contributed by atoms with Crippen LogP contribution in [0.25, 0.3) is 0 Å². The molecule has 1 aromatic heterocycles. The Labute approximate surface area is 118 Å². The summed E-state index contributed by atoms with van der Waals surface area (Å²) in [7, 11) is 0. The van der Waals surface area contributed by atoms with Crippen LogP contribution in [0.1, 0.15) is 24.3 Å². The van der Waals surface area contributed by atoms with E-state index in [9.17, 15) is 0 Å². The fraction of sp³-hybridized carbons (Fsp3) is 0.400. The van der Waals surface area contributed by atoms with Crippen LogP contribution in [0.2, 0.25) is 5.02 Å². The minimum Gasteiger partial charge on any atom is -0.336 e. The zero-order chi connectivity index (χ0) is 13.1. The first kappa shape index (κ1) is 12.7. The zero-order valence-electron chi connectivity index (χ0n) is 10.8. The number of rotatable bonds is 5. The predicted molar refractivity (Wildman–Crippen MR) is 77.4 cm³/mol. The number of nitrogens with zero attached hydrogens (tertiary/aromatic N) is 2. The number of benzene rings is 1. The molecule has 3 rings (SSSR count). The molecule has 0 radical (unpaired) electrons. The van der Waals surface area contributed by atoms with Gasteiger partial charge in [0.15, 0.2) is 0 Å². The second-order valence-corrected chi connectivity index (χ2v) is 5.61. The first-order valence-corrected chi connectivity index (χ1v) is 7.13. The largest absolute Gasteiger partial charge is 0.336 e. The van der Waals surface area contributed by atoms with Gasteiger partial charge in [-0.05, 0) is 36.5 Å². The molecule has 1 N–H and O–H groups in total. The fourth-order valence-electron chi connectivity index (χ4n) is 2.61. The smallest absolute Gasteiger partial charge is 0.0946 e. The van der Waals surface area contributed by atoms with Crippen molar-refractivity contribution in [3.05, 3.63) is 53.6 Å². The summed E-state index contributed by atoms with van der Waals surface area (Å²) in [5.41, 5.74) is 1.41. The van der Waals surface area contributed by atoms with E-state index in [0.717, 1.165) is 18.1 Å². The summed E-state index contributed by atoms with van der Waals surface area (Å²) < 4.78 is 2.10. The molecule has 0 bridgehead atoms. The van der Waals surface area contributed by atoms with E-state index >= 15 is 0 Å². The van der Waals surface area contributed by atoms with Crippen molar-refractivity contribution in [2.45, 2.75) is 31.3 Å². The van der Waals surface area contributed by atoms with Gasteiger partial charge in [0.05, 0.1) is 6.33 Å². The Morgan fingerprint density at radius 3 is 2.74 bits per heavy atom. The highest BCUT2D eigenvalue weighted by molar-refractivity contribution is 6.30. The van der Waals surface area contributed by atoms with E-state index in [2.05, 4.69) is 27.0 Å². The molecule has 1 aliphatic carbocycles. The topological polar surface area (TPSA) is 29.9 Å². The molecule has 0 amide bonds. The molecule has 0 spiro atoms. The van der Waals surface area contributed by atoms with Crippen LogP contribution >= 0.6 is 11.6 Å². The summed E-state index contributed by atoms with van der Waals surface area (Å²) in [6.07, 6.45) is 8.13. The Kier molecular flexibility index (Phi) is 3.85. The van der Waals surface area contributed by atoms with Crippen LogP contribution in [-0.4, -0.2) is 22.1 Å². The lowest BCUT2D eigenvalue weighted by Crippen LogP contribution is -2.41. The van der Waals surface area contributed by atoms with Crippen molar-refractivity contribution in [2.24, 2.45) is 0 Å². The van der Waals surface area contributed by atoms with Gasteiger partial charge in [-0.25, -0.2) is 4.98 Å². The van der Waals surface area contributed by atoms with Crippen molar-refractivity contribution in [1.82, 2.24) is 14.9 Å². The molecule has 1 saturated carbocycles. The van der Waals surface area contributed by atoms with Crippen LogP contribution in [0.15, 0.2) is 43.0 Å². The van der Waals surface area contributed by atoms with E-state index in [-0.39, 0.29) is 0 Å². The molecule has 100 valence electrons. The number of imidazole rings is 1. The van der Waals surface area contributed by atoms with Gasteiger partial charge >= 0.3 is 0 Å². The van der Waals surface area contributed by atoms with Gasteiger partial charge < -0.3 is 9.88 Å². The number of hydrogen-bond acceptors (Lipinski definition) is 2. The van der Waals surface area contributed by atoms with Gasteiger partial charge in [0.2, 0.25) is 0 Å². The Balaban J connectivity index is 1.39. The fourth-order valence-corrected chi connectivity index (χ4v) is 2.73. The van der Waals surface area contributed by atoms with Crippen LogP contribution in [0.5, 0.6) is 0 Å². The van der Waals surface area contributed by atoms with Crippen molar-refractivity contribution in [2.75, 3.05) is 6.54 Å². The highest BCUT2D eigenvalue weighted by Crippen LogP contribution is 2.37. The van der Waals surface area contributed by atoms with Gasteiger partial charge in [0, 0.05) is 36.5 Å². The number of hydrogen-bond donors (Lipinski definition) is 1. The molecule has 0 aliphatic heterocycles. The van der Waals surface area contributed by atoms with Crippen LogP contribution in [0, 0.1) is 0 Å². The molecule has 3 nitrogen and oxygen atoms in total. The summed E-state index contributed by atoms with van der Waals surface area (Å²) in [6.45, 7) is 2.00. The van der Waals surface area contributed by atoms with Crippen LogP contribution in [0.4, 0.5) is 0 Å². The molecule has 0 atom stereocenters. The Hall–Kier alpha value is -1.32. The van der Waals surface area contributed by atoms with Gasteiger partial charge in [-0.1, -0.05) is 23.7 Å². The minimum atomic E-state index is 0.657. The Morgan fingerprint density at radius 1 is 1.26 bits per heavy atom. The van der Waals surface area contributed by atoms with Crippen LogP contribution < -0.4 is 5.32 Å². The lowest BCUT2D eigenvalue weighted by molar-refractivity contribution is 0.288. The van der Waals surface area contributed by atoms with Crippen molar-refractivity contribution < 1.29 is 0 Å². The maximum absolute atomic E-state index is 5.90. The molecule has 1 aliphatic rings. The normalized spacial score (nSPS) is 22.2. The molecular formula is C15H18ClN3. The van der Waals surface area contributed by atoms with Gasteiger partial charge in [0.25, 0.3) is 0 Å². The summed E-state index contributed by atoms with van der Waals surface area (Å²) in [5.74, 6) is 0.697. The number of halogens is 1. The third kappa shape index (κ3) is 3.17. The molecule has 4 heteroatoms. The third-order valence-electron chi connectivity index (χ3n) is 3.84. The molecular weight excluding hydrogens is 258 g/mol. The quantitative estimate of drug-likeness (QED) is 0.909. The molecule has 1 aromatic carbocycles. The van der Waals surface area contributed by atoms with Crippen molar-refractivity contribution in [1.29, 1.82) is 0 Å². The van der Waals surface area contributed by atoms with E-state index in [0.29, 0.717) is 12.0 Å². The van der Waals surface area contributed by atoms with E-state index in [4.69, 9.17) is 11.6 Å². The standard InChI is InChI=1S/C15H18ClN3/c16-14-3-1-12(2-4-14)13-9-15(10-13)18-6-8-19-7-5-17-11-19/h1-5,7,11,13,15,18H,6,8-10H2. The SMILES string of the molecule is Clc1ccc(C2CC(NCCn3ccnc3)C2)cc1. The van der Waals surface area contributed by atoms with E-state index in [1.165, 1.54) is 18.4 Å². The average molecular weight is 276 g/mol. The van der Waals surface area contributed by atoms with E-state index < -0.39 is 0 Å². The van der Waals surface area contributed by atoms with E-state index in [1.54, 1.807) is 0 Å². The molecule has 19 heavy (non-hydrogen) atoms. The minimum absolute atomic E-state index is 0.657. The summed E-state index contributed by atoms with van der Waals surface area (Å²) in [4.78, 5) is 4.04. The number of aromatic nitrogens is 2. The van der Waals surface area contributed by atoms with Gasteiger partial charge in [-0.3, -0.25) is 0 Å². The second-order valence-electron chi connectivity index (χ2n) is 5.17. The van der Waals surface area contributed by atoms with E-state index in [1.807, 2.05) is 30.9 Å². The average Bonchev–Trinajstić information content (AvgIpc) is 2.87. The van der Waals surface area contributed by atoms with Crippen LogP contribution in [-0.2, 0) is 6.54 Å². The maximum Gasteiger partial charge on any atom is 0.0946 e. The lowest BCUT2D eigenvalue weighted by Gasteiger charge is -2.36. The Morgan fingerprint density at radius 2 is 2.05 bits per heavy atom. The van der Waals surface area contributed by atoms with Crippen LogP contribution in [0.3, 0.4) is 0 Å². The summed E-state index contributed by atoms with van der Waals surface area (Å²) >= 11 is 5.90. The van der Waals surface area contributed by atoms with Crippen molar-refractivity contribution in [3.8, 4) is 0 Å². The third-order valence-corrected chi connectivity index (χ3v) is 4.09. The van der Waals surface area contributed by atoms with Crippen molar-refractivity contribution >= 4 is 11.6 Å². The maximum atomic E-state index is 5.90. The van der Waals surface area contributed by atoms with Crippen molar-refractivity contribution in [3.63, 3.8) is 0 Å². The highest BCUT2D eigenvalue weighted by Gasteiger charge is 2.29. The highest BCUT2D eigenvalue weighted by atomic mass is 35.5. The Bertz CT molecular complexity index is 501. The summed E-state index contributed by atoms with van der Waals surface area (Å²) in [6, 6.07) is 8.92. The second kappa shape index (κ2) is 5.76. The monoisotopic (exact) mass is 275 g/mol. The lowest BCUT2D eigenvalue weighted by atomic mass is 9.76. The molecule has 1 fully saturated rings. The number of nitrogens with one attached hydrogen (secondary N) is 1. The first-order chi connectivity index (χ1) is 9.31. The van der Waals surface area contributed by atoms with Gasteiger partial charge in [-0.15, -0.1) is 0 Å². The molecule has 0 unspecified atom stereocenters. The molecule has 2 aromatic rings.